The fourth-order valence-corrected chi connectivity index (χ4v) is 4.00. The van der Waals surface area contributed by atoms with E-state index >= 15 is 0 Å². The van der Waals surface area contributed by atoms with Gasteiger partial charge in [0.05, 0.1) is 20.8 Å². The molecule has 1 aliphatic rings. The highest BCUT2D eigenvalue weighted by Crippen LogP contribution is 2.59. The molecule has 3 rings (SSSR count). The molecular formula is C10H13N5O10P2-2. The Morgan fingerprint density at radius 1 is 1.33 bits per heavy atom. The second-order valence-corrected chi connectivity index (χ2v) is 8.57. The second kappa shape index (κ2) is 6.53. The average Bonchev–Trinajstić information content (AvgIpc) is 3.07. The van der Waals surface area contributed by atoms with Crippen molar-refractivity contribution in [3.63, 3.8) is 0 Å². The number of imidazole rings is 1. The van der Waals surface area contributed by atoms with E-state index in [0.29, 0.717) is 0 Å². The van der Waals surface area contributed by atoms with Crippen LogP contribution in [0.5, 0.6) is 0 Å². The van der Waals surface area contributed by atoms with Crippen molar-refractivity contribution in [3.8, 4) is 0 Å². The molecular weight excluding hydrogens is 412 g/mol. The Morgan fingerprint density at radius 3 is 2.59 bits per heavy atom. The summed E-state index contributed by atoms with van der Waals surface area (Å²) in [7, 11) is -11.1. The minimum Gasteiger partial charge on any atom is -0.790 e. The molecule has 3 heterocycles. The monoisotopic (exact) mass is 425 g/mol. The molecule has 6 N–H and O–H groups in total. The first kappa shape index (κ1) is 20.2. The summed E-state index contributed by atoms with van der Waals surface area (Å²) in [4.78, 5) is 51.8. The van der Waals surface area contributed by atoms with Crippen molar-refractivity contribution in [2.24, 2.45) is 0 Å². The first-order valence-corrected chi connectivity index (χ1v) is 10.1. The number of phosphoric acid groups is 1. The fourth-order valence-electron chi connectivity index (χ4n) is 2.70. The number of aliphatic hydroxyl groups is 2. The molecule has 0 bridgehead atoms. The first-order valence-electron chi connectivity index (χ1n) is 7.07. The van der Waals surface area contributed by atoms with Crippen molar-refractivity contribution in [2.45, 2.75) is 23.8 Å². The molecule has 4 atom stereocenters. The normalized spacial score (nSPS) is 29.5. The van der Waals surface area contributed by atoms with Gasteiger partial charge in [-0.2, -0.15) is 0 Å². The van der Waals surface area contributed by atoms with Gasteiger partial charge in [-0.1, -0.05) is 0 Å². The number of fused-ring (bicyclic) bond motifs is 1. The number of aromatic nitrogens is 4. The fraction of sp³-hybridized carbons (Fsp3) is 0.500. The Hall–Kier alpha value is -1.51. The highest BCUT2D eigenvalue weighted by atomic mass is 31.2. The molecule has 0 unspecified atom stereocenters. The van der Waals surface area contributed by atoms with Crippen LogP contribution < -0.4 is 15.5 Å². The van der Waals surface area contributed by atoms with Gasteiger partial charge >= 0.3 is 7.60 Å². The molecule has 0 amide bonds. The summed E-state index contributed by atoms with van der Waals surface area (Å²) in [6.45, 7) is -1.25. The van der Waals surface area contributed by atoms with Gasteiger partial charge in [0.2, 0.25) is 5.34 Å². The summed E-state index contributed by atoms with van der Waals surface area (Å²) in [6, 6.07) is 0. The molecule has 0 saturated carbocycles. The number of phosphoric ester groups is 1. The zero-order valence-electron chi connectivity index (χ0n) is 13.1. The number of anilines is 1. The number of rotatable bonds is 5. The summed E-state index contributed by atoms with van der Waals surface area (Å²) >= 11 is 0. The molecule has 17 heteroatoms. The quantitative estimate of drug-likeness (QED) is 0.290. The van der Waals surface area contributed by atoms with E-state index in [1.807, 2.05) is 0 Å². The molecule has 2 aromatic rings. The maximum absolute atomic E-state index is 11.8. The average molecular weight is 425 g/mol. The van der Waals surface area contributed by atoms with E-state index in [1.54, 1.807) is 0 Å². The predicted octanol–water partition coefficient (Wildman–Crippen LogP) is -3.62. The third-order valence-electron chi connectivity index (χ3n) is 3.99. The number of nitrogens with two attached hydrogens (primary N) is 1. The maximum Gasteiger partial charge on any atom is 0.362 e. The number of nitrogens with zero attached hydrogens (tertiary/aromatic N) is 4. The van der Waals surface area contributed by atoms with Gasteiger partial charge in [0.1, 0.15) is 24.1 Å². The standard InChI is InChI=1S/C10H15N5O10P2/c11-7-5-8(13-2-12-7)15(3-14-5)9-6(16)10(17,26(18,19)20)4(25-9)1-24-27(21,22)23/h2-4,6,9,16-17H,1H2,(H2,11,12,13)(H2,18,19,20)(H2,21,22,23)/p-2/t4-,6+,9-,10+/m1/s1. The molecule has 15 nitrogen and oxygen atoms in total. The van der Waals surface area contributed by atoms with Gasteiger partial charge < -0.3 is 49.3 Å². The van der Waals surface area contributed by atoms with Gasteiger partial charge in [-0.15, -0.1) is 0 Å². The topological polar surface area (TPSA) is 249 Å². The van der Waals surface area contributed by atoms with E-state index in [-0.39, 0.29) is 17.0 Å². The van der Waals surface area contributed by atoms with E-state index in [4.69, 9.17) is 10.5 Å². The van der Waals surface area contributed by atoms with Gasteiger partial charge in [-0.25, -0.2) is 15.0 Å². The second-order valence-electron chi connectivity index (χ2n) is 5.61. The lowest BCUT2D eigenvalue weighted by Gasteiger charge is -2.34. The lowest BCUT2D eigenvalue weighted by molar-refractivity contribution is -0.343. The molecule has 0 spiro atoms. The predicted molar refractivity (Wildman–Crippen MR) is 80.2 cm³/mol. The molecule has 150 valence electrons. The molecule has 27 heavy (non-hydrogen) atoms. The molecule has 0 aliphatic carbocycles. The van der Waals surface area contributed by atoms with Crippen LogP contribution in [0.2, 0.25) is 0 Å². The minimum atomic E-state index is -5.55. The van der Waals surface area contributed by atoms with E-state index in [9.17, 15) is 38.9 Å². The Bertz CT molecular complexity index is 957. The Morgan fingerprint density at radius 2 is 2.00 bits per heavy atom. The van der Waals surface area contributed by atoms with Gasteiger partial charge in [-0.05, 0) is 0 Å². The first-order chi connectivity index (χ1) is 12.4. The lowest BCUT2D eigenvalue weighted by Crippen LogP contribution is -2.49. The number of hydrogen-bond acceptors (Lipinski definition) is 12. The Kier molecular flexibility index (Phi) is 4.89. The van der Waals surface area contributed by atoms with Gasteiger partial charge in [0.15, 0.2) is 17.7 Å². The van der Waals surface area contributed by atoms with Crippen LogP contribution >= 0.6 is 15.4 Å². The lowest BCUT2D eigenvalue weighted by atomic mass is 10.1. The van der Waals surface area contributed by atoms with E-state index < -0.39 is 45.8 Å². The van der Waals surface area contributed by atoms with E-state index in [0.717, 1.165) is 17.2 Å². The van der Waals surface area contributed by atoms with Gasteiger partial charge in [-0.3, -0.25) is 9.13 Å². The zero-order valence-corrected chi connectivity index (χ0v) is 14.9. The van der Waals surface area contributed by atoms with Crippen LogP contribution in [0.3, 0.4) is 0 Å². The largest absolute Gasteiger partial charge is 0.790 e. The number of nitrogen functional groups attached to an aromatic ring is 1. The summed E-state index contributed by atoms with van der Waals surface area (Å²) in [6.07, 6.45) is -3.92. The highest BCUT2D eigenvalue weighted by molar-refractivity contribution is 7.53. The van der Waals surface area contributed by atoms with Gasteiger partial charge in [0, 0.05) is 0 Å². The van der Waals surface area contributed by atoms with Gasteiger partial charge in [0.25, 0.3) is 0 Å². The van der Waals surface area contributed by atoms with Crippen LogP contribution in [-0.2, 0) is 18.4 Å². The summed E-state index contributed by atoms with van der Waals surface area (Å²) in [5.41, 5.74) is 5.70. The summed E-state index contributed by atoms with van der Waals surface area (Å²) in [5, 5.41) is 17.5. The Labute approximate surface area is 149 Å². The summed E-state index contributed by atoms with van der Waals surface area (Å²) < 4.78 is 32.6. The third kappa shape index (κ3) is 3.39. The maximum atomic E-state index is 11.8. The molecule has 1 fully saturated rings. The highest BCUT2D eigenvalue weighted by Gasteiger charge is 2.66. The van der Waals surface area contributed by atoms with E-state index in [1.165, 1.54) is 0 Å². The minimum absolute atomic E-state index is 0.000461. The SMILES string of the molecule is Nc1ncnc2c1ncn2[C@@H]1O[C@H](COP(=O)([O-])[O-])[C@](O)(P(=O)(O)O)[C@H]1O. The smallest absolute Gasteiger partial charge is 0.362 e. The van der Waals surface area contributed by atoms with Crippen molar-refractivity contribution in [1.29, 1.82) is 0 Å². The third-order valence-corrected chi connectivity index (χ3v) is 5.95. The van der Waals surface area contributed by atoms with Crippen LogP contribution in [0.1, 0.15) is 6.23 Å². The van der Waals surface area contributed by atoms with Crippen LogP contribution in [0.4, 0.5) is 5.82 Å². The van der Waals surface area contributed by atoms with Crippen molar-refractivity contribution in [2.75, 3.05) is 12.3 Å². The van der Waals surface area contributed by atoms with E-state index in [2.05, 4.69) is 19.5 Å². The van der Waals surface area contributed by atoms with Crippen molar-refractivity contribution in [1.82, 2.24) is 19.5 Å². The Balaban J connectivity index is 2.04. The van der Waals surface area contributed by atoms with Crippen LogP contribution in [0, 0.1) is 0 Å². The van der Waals surface area contributed by atoms with Crippen LogP contribution in [-0.4, -0.2) is 63.7 Å². The molecule has 1 aliphatic heterocycles. The zero-order chi connectivity index (χ0) is 20.2. The van der Waals surface area contributed by atoms with Crippen LogP contribution in [0.15, 0.2) is 12.7 Å². The van der Waals surface area contributed by atoms with Crippen molar-refractivity contribution < 1.29 is 48.2 Å². The molecule has 0 aromatic carbocycles. The number of hydrogen-bond donors (Lipinski definition) is 5. The molecule has 2 aromatic heterocycles. The molecule has 0 radical (unpaired) electrons. The summed E-state index contributed by atoms with van der Waals surface area (Å²) in [5.74, 6) is -0.0324. The van der Waals surface area contributed by atoms with Crippen LogP contribution in [0.25, 0.3) is 11.2 Å². The van der Waals surface area contributed by atoms with Crippen molar-refractivity contribution >= 4 is 32.4 Å². The number of aliphatic hydroxyl groups excluding tert-OH is 1. The molecule has 1 saturated heterocycles. The number of ether oxygens (including phenoxy) is 1. The van der Waals surface area contributed by atoms with Crippen molar-refractivity contribution in [3.05, 3.63) is 12.7 Å².